The number of benzene rings is 1. The standard InChI is InChI=1S/C16H24ClN3O3/c1-11(2)18-16(21)20-7-5-19(6-8-20)13-10-14(22-3)12(17)9-15(13)23-4/h9-11H,5-8H2,1-4H3,(H,18,21). The van der Waals surface area contributed by atoms with Gasteiger partial charge in [-0.05, 0) is 13.8 Å². The lowest BCUT2D eigenvalue weighted by atomic mass is 10.2. The maximum absolute atomic E-state index is 12.1. The Morgan fingerprint density at radius 1 is 1.13 bits per heavy atom. The van der Waals surface area contributed by atoms with E-state index in [9.17, 15) is 4.79 Å². The average Bonchev–Trinajstić information content (AvgIpc) is 2.54. The van der Waals surface area contributed by atoms with Gasteiger partial charge in [-0.2, -0.15) is 0 Å². The number of nitrogens with zero attached hydrogens (tertiary/aromatic N) is 2. The number of urea groups is 1. The Labute approximate surface area is 142 Å². The Balaban J connectivity index is 2.09. The fourth-order valence-electron chi connectivity index (χ4n) is 2.58. The van der Waals surface area contributed by atoms with Crippen LogP contribution in [0.4, 0.5) is 10.5 Å². The second-order valence-electron chi connectivity index (χ2n) is 5.74. The number of piperazine rings is 1. The van der Waals surface area contributed by atoms with Gasteiger partial charge in [0.05, 0.1) is 24.9 Å². The zero-order valence-corrected chi connectivity index (χ0v) is 14.8. The molecule has 0 unspecified atom stereocenters. The van der Waals surface area contributed by atoms with E-state index in [1.54, 1.807) is 20.3 Å². The minimum Gasteiger partial charge on any atom is -0.495 e. The predicted molar refractivity (Wildman–Crippen MR) is 92.0 cm³/mol. The van der Waals surface area contributed by atoms with Crippen LogP contribution < -0.4 is 19.7 Å². The number of hydrogen-bond donors (Lipinski definition) is 1. The lowest BCUT2D eigenvalue weighted by Gasteiger charge is -2.37. The second kappa shape index (κ2) is 7.64. The molecule has 1 fully saturated rings. The van der Waals surface area contributed by atoms with Gasteiger partial charge in [0.25, 0.3) is 0 Å². The molecule has 23 heavy (non-hydrogen) atoms. The van der Waals surface area contributed by atoms with Crippen molar-refractivity contribution in [3.05, 3.63) is 17.2 Å². The number of methoxy groups -OCH3 is 2. The fourth-order valence-corrected chi connectivity index (χ4v) is 2.81. The Bertz CT molecular complexity index is 558. The zero-order valence-electron chi connectivity index (χ0n) is 14.1. The molecule has 2 rings (SSSR count). The summed E-state index contributed by atoms with van der Waals surface area (Å²) < 4.78 is 10.7. The normalized spacial score (nSPS) is 14.9. The molecule has 6 nitrogen and oxygen atoms in total. The molecule has 1 aromatic rings. The molecule has 1 heterocycles. The van der Waals surface area contributed by atoms with Crippen molar-refractivity contribution in [1.29, 1.82) is 0 Å². The molecule has 7 heteroatoms. The van der Waals surface area contributed by atoms with Gasteiger partial charge >= 0.3 is 6.03 Å². The van der Waals surface area contributed by atoms with E-state index < -0.39 is 0 Å². The molecule has 1 aliphatic rings. The van der Waals surface area contributed by atoms with Crippen molar-refractivity contribution in [2.45, 2.75) is 19.9 Å². The predicted octanol–water partition coefficient (Wildman–Crippen LogP) is 2.60. The van der Waals surface area contributed by atoms with Crippen LogP contribution in [0.5, 0.6) is 11.5 Å². The van der Waals surface area contributed by atoms with Crippen LogP contribution in [0.1, 0.15) is 13.8 Å². The number of carbonyl (C=O) groups excluding carboxylic acids is 1. The molecule has 1 saturated heterocycles. The largest absolute Gasteiger partial charge is 0.495 e. The molecule has 0 spiro atoms. The van der Waals surface area contributed by atoms with Crippen LogP contribution in [-0.2, 0) is 0 Å². The minimum absolute atomic E-state index is 0.0136. The van der Waals surface area contributed by atoms with Crippen LogP contribution in [0.3, 0.4) is 0 Å². The monoisotopic (exact) mass is 341 g/mol. The van der Waals surface area contributed by atoms with Gasteiger partial charge in [0.2, 0.25) is 0 Å². The second-order valence-corrected chi connectivity index (χ2v) is 6.14. The van der Waals surface area contributed by atoms with Crippen LogP contribution in [0.15, 0.2) is 12.1 Å². The summed E-state index contributed by atoms with van der Waals surface area (Å²) in [5, 5.41) is 3.44. The average molecular weight is 342 g/mol. The zero-order chi connectivity index (χ0) is 17.0. The smallest absolute Gasteiger partial charge is 0.317 e. The van der Waals surface area contributed by atoms with Crippen molar-refractivity contribution in [3.63, 3.8) is 0 Å². The van der Waals surface area contributed by atoms with E-state index in [4.69, 9.17) is 21.1 Å². The van der Waals surface area contributed by atoms with Gasteiger partial charge in [0.15, 0.2) is 0 Å². The first kappa shape index (κ1) is 17.5. The number of ether oxygens (including phenoxy) is 2. The third-order valence-electron chi connectivity index (χ3n) is 3.77. The van der Waals surface area contributed by atoms with Crippen LogP contribution >= 0.6 is 11.6 Å². The first-order valence-corrected chi connectivity index (χ1v) is 8.06. The van der Waals surface area contributed by atoms with Gasteiger partial charge in [-0.15, -0.1) is 0 Å². The van der Waals surface area contributed by atoms with E-state index in [0.717, 1.165) is 18.8 Å². The number of rotatable bonds is 4. The van der Waals surface area contributed by atoms with Crippen LogP contribution in [-0.4, -0.2) is 57.4 Å². The summed E-state index contributed by atoms with van der Waals surface area (Å²) in [5.41, 5.74) is 0.928. The molecular weight excluding hydrogens is 318 g/mol. The van der Waals surface area contributed by atoms with E-state index in [0.29, 0.717) is 29.6 Å². The Kier molecular flexibility index (Phi) is 5.82. The summed E-state index contributed by atoms with van der Waals surface area (Å²) >= 11 is 6.15. The summed E-state index contributed by atoms with van der Waals surface area (Å²) in [6.07, 6.45) is 0. The maximum Gasteiger partial charge on any atom is 0.317 e. The van der Waals surface area contributed by atoms with E-state index in [-0.39, 0.29) is 12.1 Å². The number of hydrogen-bond acceptors (Lipinski definition) is 4. The third kappa shape index (κ3) is 4.13. The van der Waals surface area contributed by atoms with Gasteiger partial charge in [-0.1, -0.05) is 11.6 Å². The highest BCUT2D eigenvalue weighted by Gasteiger charge is 2.24. The maximum atomic E-state index is 12.1. The first-order valence-electron chi connectivity index (χ1n) is 7.68. The molecule has 1 aromatic carbocycles. The highest BCUT2D eigenvalue weighted by molar-refractivity contribution is 6.32. The molecule has 1 N–H and O–H groups in total. The SMILES string of the molecule is COc1cc(N2CCN(C(=O)NC(C)C)CC2)c(OC)cc1Cl. The number of amides is 2. The van der Waals surface area contributed by atoms with E-state index in [1.807, 2.05) is 24.8 Å². The molecule has 0 radical (unpaired) electrons. The summed E-state index contributed by atoms with van der Waals surface area (Å²) in [5.74, 6) is 1.32. The Morgan fingerprint density at radius 2 is 1.74 bits per heavy atom. The molecule has 0 aliphatic carbocycles. The molecule has 0 atom stereocenters. The van der Waals surface area contributed by atoms with Gasteiger partial charge in [-0.25, -0.2) is 4.79 Å². The van der Waals surface area contributed by atoms with E-state index in [1.165, 1.54) is 0 Å². The van der Waals surface area contributed by atoms with Crippen molar-refractivity contribution in [2.75, 3.05) is 45.3 Å². The van der Waals surface area contributed by atoms with Crippen molar-refractivity contribution in [1.82, 2.24) is 10.2 Å². The summed E-state index contributed by atoms with van der Waals surface area (Å²) in [6, 6.07) is 3.76. The number of carbonyl (C=O) groups is 1. The fraction of sp³-hybridized carbons (Fsp3) is 0.562. The molecule has 0 saturated carbocycles. The lowest BCUT2D eigenvalue weighted by molar-refractivity contribution is 0.191. The highest BCUT2D eigenvalue weighted by atomic mass is 35.5. The van der Waals surface area contributed by atoms with Crippen LogP contribution in [0.2, 0.25) is 5.02 Å². The molecule has 128 valence electrons. The van der Waals surface area contributed by atoms with Gasteiger partial charge < -0.3 is 24.6 Å². The van der Waals surface area contributed by atoms with E-state index in [2.05, 4.69) is 10.2 Å². The summed E-state index contributed by atoms with van der Waals surface area (Å²) in [6.45, 7) is 6.69. The third-order valence-corrected chi connectivity index (χ3v) is 4.07. The first-order chi connectivity index (χ1) is 11.0. The van der Waals surface area contributed by atoms with Crippen LogP contribution in [0.25, 0.3) is 0 Å². The van der Waals surface area contributed by atoms with Crippen molar-refractivity contribution in [3.8, 4) is 11.5 Å². The topological polar surface area (TPSA) is 54.0 Å². The minimum atomic E-state index is -0.0136. The number of halogens is 1. The molecule has 1 aliphatic heterocycles. The van der Waals surface area contributed by atoms with Gasteiger partial charge in [0, 0.05) is 44.4 Å². The molecule has 0 bridgehead atoms. The van der Waals surface area contributed by atoms with E-state index >= 15 is 0 Å². The Morgan fingerprint density at radius 3 is 2.26 bits per heavy atom. The van der Waals surface area contributed by atoms with Crippen molar-refractivity contribution in [2.24, 2.45) is 0 Å². The van der Waals surface area contributed by atoms with Gasteiger partial charge in [0.1, 0.15) is 11.5 Å². The van der Waals surface area contributed by atoms with Crippen LogP contribution in [0, 0.1) is 0 Å². The lowest BCUT2D eigenvalue weighted by Crippen LogP contribution is -2.53. The summed E-state index contributed by atoms with van der Waals surface area (Å²) in [4.78, 5) is 16.1. The van der Waals surface area contributed by atoms with Gasteiger partial charge in [-0.3, -0.25) is 0 Å². The molecule has 0 aromatic heterocycles. The summed E-state index contributed by atoms with van der Waals surface area (Å²) in [7, 11) is 3.21. The van der Waals surface area contributed by atoms with Crippen molar-refractivity contribution >= 4 is 23.3 Å². The Hall–Kier alpha value is -1.82. The quantitative estimate of drug-likeness (QED) is 0.914. The van der Waals surface area contributed by atoms with Crippen molar-refractivity contribution < 1.29 is 14.3 Å². The number of anilines is 1. The number of nitrogens with one attached hydrogen (secondary N) is 1. The molecule has 2 amide bonds. The molecular formula is C16H24ClN3O3. The highest BCUT2D eigenvalue weighted by Crippen LogP contribution is 2.38.